The lowest BCUT2D eigenvalue weighted by atomic mass is 9.74. The fourth-order valence-corrected chi connectivity index (χ4v) is 4.40. The van der Waals surface area contributed by atoms with Crippen LogP contribution >= 0.6 is 0 Å². The molecule has 1 aliphatic carbocycles. The molecule has 23 heavy (non-hydrogen) atoms. The molecule has 0 aromatic heterocycles. The van der Waals surface area contributed by atoms with Crippen LogP contribution in [0.4, 0.5) is 0 Å². The minimum Gasteiger partial charge on any atom is -0.469 e. The summed E-state index contributed by atoms with van der Waals surface area (Å²) in [6.07, 6.45) is 3.64. The van der Waals surface area contributed by atoms with Gasteiger partial charge in [-0.3, -0.25) is 9.59 Å². The van der Waals surface area contributed by atoms with Gasteiger partial charge in [0.05, 0.1) is 19.1 Å². The average Bonchev–Trinajstić information content (AvgIpc) is 2.43. The maximum Gasteiger partial charge on any atom is 0.309 e. The second-order valence-corrected chi connectivity index (χ2v) is 13.1. The third-order valence-corrected chi connectivity index (χ3v) is 10.0. The first kappa shape index (κ1) is 20.4. The molecule has 0 aliphatic heterocycles. The Morgan fingerprint density at radius 2 is 1.87 bits per heavy atom. The second-order valence-electron chi connectivity index (χ2n) is 8.30. The minimum atomic E-state index is -1.98. The Kier molecular flexibility index (Phi) is 7.02. The maximum atomic E-state index is 12.2. The molecule has 4 nitrogen and oxygen atoms in total. The number of ether oxygens (including phenoxy) is 1. The molecular weight excluding hydrogens is 308 g/mol. The van der Waals surface area contributed by atoms with Crippen molar-refractivity contribution in [3.05, 3.63) is 0 Å². The lowest BCUT2D eigenvalue weighted by Crippen LogP contribution is -2.50. The van der Waals surface area contributed by atoms with Gasteiger partial charge in [-0.05, 0) is 30.5 Å². The monoisotopic (exact) mass is 342 g/mol. The van der Waals surface area contributed by atoms with Crippen molar-refractivity contribution < 1.29 is 18.8 Å². The molecule has 1 aliphatic rings. The summed E-state index contributed by atoms with van der Waals surface area (Å²) in [5.74, 6) is -0.392. The summed E-state index contributed by atoms with van der Waals surface area (Å²) in [5.41, 5.74) is 0. The van der Waals surface area contributed by atoms with Gasteiger partial charge in [0, 0.05) is 12.8 Å². The van der Waals surface area contributed by atoms with Crippen molar-refractivity contribution in [2.24, 2.45) is 11.8 Å². The van der Waals surface area contributed by atoms with Crippen LogP contribution in [0.3, 0.4) is 0 Å². The predicted octanol–water partition coefficient (Wildman–Crippen LogP) is 4.34. The number of hydrogen-bond acceptors (Lipinski definition) is 4. The van der Waals surface area contributed by atoms with Crippen molar-refractivity contribution in [3.63, 3.8) is 0 Å². The van der Waals surface area contributed by atoms with E-state index in [-0.39, 0.29) is 34.7 Å². The first-order chi connectivity index (χ1) is 10.5. The van der Waals surface area contributed by atoms with E-state index in [1.807, 2.05) is 0 Å². The topological polar surface area (TPSA) is 52.6 Å². The molecule has 0 N–H and O–H groups in total. The summed E-state index contributed by atoms with van der Waals surface area (Å²) >= 11 is 0. The van der Waals surface area contributed by atoms with Crippen LogP contribution < -0.4 is 0 Å². The molecule has 0 bridgehead atoms. The van der Waals surface area contributed by atoms with Crippen molar-refractivity contribution in [3.8, 4) is 0 Å². The SMILES string of the molecule is CCCC[C@H]1[C@@H](O[Si](C)(C)C(C)(C)C)CC(=O)C[C@@H]1C(=O)OC. The largest absolute Gasteiger partial charge is 0.469 e. The first-order valence-corrected chi connectivity index (χ1v) is 11.7. The summed E-state index contributed by atoms with van der Waals surface area (Å²) in [5, 5.41) is 0.0869. The fraction of sp³-hybridized carbons (Fsp3) is 0.889. The second kappa shape index (κ2) is 7.93. The highest BCUT2D eigenvalue weighted by molar-refractivity contribution is 6.74. The van der Waals surface area contributed by atoms with E-state index in [1.54, 1.807) is 0 Å². The van der Waals surface area contributed by atoms with Crippen LogP contribution in [0, 0.1) is 11.8 Å². The standard InChI is InChI=1S/C18H34O4Si/c1-8-9-10-14-15(17(20)21-5)11-13(19)12-16(14)22-23(6,7)18(2,3)4/h14-16H,8-12H2,1-7H3/t14-,15+,16+/m1/s1. The van der Waals surface area contributed by atoms with Gasteiger partial charge >= 0.3 is 5.97 Å². The number of ketones is 1. The lowest BCUT2D eigenvalue weighted by Gasteiger charge is -2.44. The number of unbranched alkanes of at least 4 members (excludes halogenated alkanes) is 1. The first-order valence-electron chi connectivity index (χ1n) is 8.80. The molecule has 0 amide bonds. The molecule has 0 radical (unpaired) electrons. The normalized spacial score (nSPS) is 26.2. The van der Waals surface area contributed by atoms with E-state index >= 15 is 0 Å². The Balaban J connectivity index is 3.03. The number of Topliss-reactive ketones (excluding diaryl/α,β-unsaturated/α-hetero) is 1. The molecule has 3 atom stereocenters. The molecule has 1 fully saturated rings. The Labute approximate surface area is 142 Å². The Morgan fingerprint density at radius 1 is 1.26 bits per heavy atom. The average molecular weight is 343 g/mol. The number of carbonyl (C=O) groups excluding carboxylic acids is 2. The molecular formula is C18H34O4Si. The van der Waals surface area contributed by atoms with Gasteiger partial charge in [0.15, 0.2) is 8.32 Å². The third kappa shape index (κ3) is 5.15. The van der Waals surface area contributed by atoms with Gasteiger partial charge < -0.3 is 9.16 Å². The van der Waals surface area contributed by atoms with E-state index in [9.17, 15) is 9.59 Å². The van der Waals surface area contributed by atoms with Gasteiger partial charge in [0.1, 0.15) is 5.78 Å². The van der Waals surface area contributed by atoms with Crippen LogP contribution in [-0.4, -0.2) is 33.3 Å². The van der Waals surface area contributed by atoms with E-state index in [4.69, 9.17) is 9.16 Å². The van der Waals surface area contributed by atoms with E-state index in [0.29, 0.717) is 12.8 Å². The van der Waals surface area contributed by atoms with Crippen LogP contribution in [0.5, 0.6) is 0 Å². The summed E-state index contributed by atoms with van der Waals surface area (Å²) in [6, 6.07) is 0. The molecule has 134 valence electrons. The van der Waals surface area contributed by atoms with Crippen LogP contribution in [0.15, 0.2) is 0 Å². The summed E-state index contributed by atoms with van der Waals surface area (Å²) in [4.78, 5) is 24.4. The van der Waals surface area contributed by atoms with Gasteiger partial charge in [-0.2, -0.15) is 0 Å². The Bertz CT molecular complexity index is 425. The third-order valence-electron chi connectivity index (χ3n) is 5.52. The quantitative estimate of drug-likeness (QED) is 0.532. The van der Waals surface area contributed by atoms with Crippen LogP contribution in [0.2, 0.25) is 18.1 Å². The Hall–Kier alpha value is -0.683. The number of rotatable bonds is 6. The predicted molar refractivity (Wildman–Crippen MR) is 94.8 cm³/mol. The van der Waals surface area contributed by atoms with Gasteiger partial charge in [-0.1, -0.05) is 40.5 Å². The zero-order valence-corrected chi connectivity index (χ0v) is 16.9. The summed E-state index contributed by atoms with van der Waals surface area (Å²) < 4.78 is 11.5. The van der Waals surface area contributed by atoms with Crippen molar-refractivity contribution in [2.45, 2.75) is 84.0 Å². The molecule has 5 heteroatoms. The van der Waals surface area contributed by atoms with Crippen LogP contribution in [0.1, 0.15) is 59.8 Å². The highest BCUT2D eigenvalue weighted by Crippen LogP contribution is 2.42. The van der Waals surface area contributed by atoms with Gasteiger partial charge in [0.2, 0.25) is 0 Å². The fourth-order valence-electron chi connectivity index (χ4n) is 3.04. The van der Waals surface area contributed by atoms with Crippen molar-refractivity contribution in [1.82, 2.24) is 0 Å². The molecule has 0 aromatic carbocycles. The molecule has 1 rings (SSSR count). The van der Waals surface area contributed by atoms with Crippen molar-refractivity contribution in [1.29, 1.82) is 0 Å². The van der Waals surface area contributed by atoms with Gasteiger partial charge in [-0.15, -0.1) is 0 Å². The van der Waals surface area contributed by atoms with E-state index in [0.717, 1.165) is 19.3 Å². The van der Waals surface area contributed by atoms with Crippen LogP contribution in [0.25, 0.3) is 0 Å². The van der Waals surface area contributed by atoms with Gasteiger partial charge in [-0.25, -0.2) is 0 Å². The van der Waals surface area contributed by atoms with Crippen molar-refractivity contribution in [2.75, 3.05) is 7.11 Å². The number of esters is 1. The number of carbonyl (C=O) groups is 2. The zero-order valence-electron chi connectivity index (χ0n) is 15.9. The van der Waals surface area contributed by atoms with E-state index in [2.05, 4.69) is 40.8 Å². The number of methoxy groups -OCH3 is 1. The maximum absolute atomic E-state index is 12.2. The lowest BCUT2D eigenvalue weighted by molar-refractivity contribution is -0.154. The van der Waals surface area contributed by atoms with Crippen molar-refractivity contribution >= 4 is 20.1 Å². The molecule has 0 saturated heterocycles. The smallest absolute Gasteiger partial charge is 0.309 e. The van der Waals surface area contributed by atoms with E-state index < -0.39 is 8.32 Å². The highest BCUT2D eigenvalue weighted by Gasteiger charge is 2.46. The Morgan fingerprint density at radius 3 is 2.35 bits per heavy atom. The summed E-state index contributed by atoms with van der Waals surface area (Å²) in [6.45, 7) is 13.1. The molecule has 0 aromatic rings. The van der Waals surface area contributed by atoms with E-state index in [1.165, 1.54) is 7.11 Å². The molecule has 0 spiro atoms. The summed E-state index contributed by atoms with van der Waals surface area (Å²) in [7, 11) is -0.577. The van der Waals surface area contributed by atoms with Gasteiger partial charge in [0.25, 0.3) is 0 Å². The highest BCUT2D eigenvalue weighted by atomic mass is 28.4. The molecule has 0 heterocycles. The number of hydrogen-bond donors (Lipinski definition) is 0. The zero-order chi connectivity index (χ0) is 17.8. The minimum absolute atomic E-state index is 0.0869. The van der Waals surface area contributed by atoms with Crippen LogP contribution in [-0.2, 0) is 18.8 Å². The molecule has 1 saturated carbocycles. The molecule has 0 unspecified atom stereocenters.